The molecule has 2 atom stereocenters. The monoisotopic (exact) mass is 253 g/mol. The van der Waals surface area contributed by atoms with Gasteiger partial charge in [-0.05, 0) is 31.5 Å². The van der Waals surface area contributed by atoms with Crippen LogP contribution in [-0.2, 0) is 4.79 Å². The molecule has 1 rings (SSSR count). The highest BCUT2D eigenvalue weighted by molar-refractivity contribution is 5.72. The maximum atomic E-state index is 10.8. The average molecular weight is 253 g/mol. The lowest BCUT2D eigenvalue weighted by Crippen LogP contribution is -2.35. The number of carboxylic acid groups (broad SMARTS) is 1. The molecule has 0 heterocycles. The summed E-state index contributed by atoms with van der Waals surface area (Å²) in [6.07, 6.45) is 0. The zero-order valence-electron chi connectivity index (χ0n) is 11.1. The Morgan fingerprint density at radius 1 is 1.22 bits per heavy atom. The summed E-state index contributed by atoms with van der Waals surface area (Å²) in [5.74, 6) is 0.411. The van der Waals surface area contributed by atoms with E-state index in [1.807, 2.05) is 19.1 Å². The van der Waals surface area contributed by atoms with E-state index < -0.39 is 12.0 Å². The molecule has 0 aliphatic heterocycles. The van der Waals surface area contributed by atoms with Gasteiger partial charge >= 0.3 is 5.97 Å². The van der Waals surface area contributed by atoms with Crippen molar-refractivity contribution in [2.24, 2.45) is 0 Å². The summed E-state index contributed by atoms with van der Waals surface area (Å²) in [5, 5.41) is 11.8. The SMILES string of the molecule is COc1ccc(C(C)NC(C)C(=O)O)cc1OC. The molecule has 0 bridgehead atoms. The summed E-state index contributed by atoms with van der Waals surface area (Å²) >= 11 is 0. The van der Waals surface area contributed by atoms with Crippen molar-refractivity contribution >= 4 is 5.97 Å². The second-order valence-corrected chi connectivity index (χ2v) is 4.06. The van der Waals surface area contributed by atoms with E-state index >= 15 is 0 Å². The van der Waals surface area contributed by atoms with E-state index in [4.69, 9.17) is 14.6 Å². The molecule has 0 radical (unpaired) electrons. The Morgan fingerprint density at radius 3 is 2.33 bits per heavy atom. The highest BCUT2D eigenvalue weighted by atomic mass is 16.5. The molecule has 0 fully saturated rings. The van der Waals surface area contributed by atoms with Crippen LogP contribution in [0.4, 0.5) is 0 Å². The van der Waals surface area contributed by atoms with Crippen LogP contribution in [0.1, 0.15) is 25.5 Å². The summed E-state index contributed by atoms with van der Waals surface area (Å²) in [5.41, 5.74) is 0.945. The topological polar surface area (TPSA) is 67.8 Å². The average Bonchev–Trinajstić information content (AvgIpc) is 2.37. The molecule has 0 aliphatic rings. The van der Waals surface area contributed by atoms with Gasteiger partial charge in [-0.2, -0.15) is 0 Å². The Morgan fingerprint density at radius 2 is 1.83 bits per heavy atom. The Labute approximate surface area is 107 Å². The zero-order valence-corrected chi connectivity index (χ0v) is 11.1. The van der Waals surface area contributed by atoms with Crippen molar-refractivity contribution in [1.29, 1.82) is 0 Å². The molecule has 5 heteroatoms. The van der Waals surface area contributed by atoms with Gasteiger partial charge in [0.2, 0.25) is 0 Å². The van der Waals surface area contributed by atoms with E-state index in [0.29, 0.717) is 11.5 Å². The predicted molar refractivity (Wildman–Crippen MR) is 68.2 cm³/mol. The summed E-state index contributed by atoms with van der Waals surface area (Å²) < 4.78 is 10.4. The number of benzene rings is 1. The lowest BCUT2D eigenvalue weighted by Gasteiger charge is -2.18. The number of carboxylic acids is 1. The Balaban J connectivity index is 2.86. The van der Waals surface area contributed by atoms with Crippen molar-refractivity contribution in [3.05, 3.63) is 23.8 Å². The fraction of sp³-hybridized carbons (Fsp3) is 0.462. The number of hydrogen-bond donors (Lipinski definition) is 2. The third-order valence-electron chi connectivity index (χ3n) is 2.78. The van der Waals surface area contributed by atoms with Crippen LogP contribution in [0.25, 0.3) is 0 Å². The van der Waals surface area contributed by atoms with Crippen LogP contribution >= 0.6 is 0 Å². The van der Waals surface area contributed by atoms with Gasteiger partial charge in [0.1, 0.15) is 6.04 Å². The van der Waals surface area contributed by atoms with Crippen molar-refractivity contribution in [1.82, 2.24) is 5.32 Å². The first-order valence-electron chi connectivity index (χ1n) is 5.70. The lowest BCUT2D eigenvalue weighted by atomic mass is 10.1. The lowest BCUT2D eigenvalue weighted by molar-refractivity contribution is -0.139. The highest BCUT2D eigenvalue weighted by Crippen LogP contribution is 2.29. The van der Waals surface area contributed by atoms with Crippen LogP contribution in [0, 0.1) is 0 Å². The predicted octanol–water partition coefficient (Wildman–Crippen LogP) is 1.83. The fourth-order valence-electron chi connectivity index (χ4n) is 1.66. The minimum Gasteiger partial charge on any atom is -0.493 e. The molecule has 0 saturated carbocycles. The van der Waals surface area contributed by atoms with Gasteiger partial charge in [0.05, 0.1) is 14.2 Å². The normalized spacial score (nSPS) is 13.8. The van der Waals surface area contributed by atoms with Gasteiger partial charge < -0.3 is 14.6 Å². The minimum atomic E-state index is -0.873. The Kier molecular flexibility index (Phi) is 4.97. The number of methoxy groups -OCH3 is 2. The van der Waals surface area contributed by atoms with E-state index in [2.05, 4.69) is 5.32 Å². The first-order valence-corrected chi connectivity index (χ1v) is 5.70. The second kappa shape index (κ2) is 6.26. The molecular formula is C13H19NO4. The molecule has 2 unspecified atom stereocenters. The third kappa shape index (κ3) is 3.37. The van der Waals surface area contributed by atoms with Crippen LogP contribution < -0.4 is 14.8 Å². The van der Waals surface area contributed by atoms with Gasteiger partial charge in [-0.25, -0.2) is 0 Å². The molecule has 2 N–H and O–H groups in total. The van der Waals surface area contributed by atoms with Crippen LogP contribution in [0.3, 0.4) is 0 Å². The maximum Gasteiger partial charge on any atom is 0.320 e. The molecule has 5 nitrogen and oxygen atoms in total. The summed E-state index contributed by atoms with van der Waals surface area (Å²) in [6.45, 7) is 3.51. The van der Waals surface area contributed by atoms with Crippen LogP contribution in [-0.4, -0.2) is 31.3 Å². The quantitative estimate of drug-likeness (QED) is 0.809. The molecular weight excluding hydrogens is 234 g/mol. The largest absolute Gasteiger partial charge is 0.493 e. The van der Waals surface area contributed by atoms with Gasteiger partial charge in [0, 0.05) is 6.04 Å². The first kappa shape index (κ1) is 14.3. The molecule has 18 heavy (non-hydrogen) atoms. The minimum absolute atomic E-state index is 0.0871. The fourth-order valence-corrected chi connectivity index (χ4v) is 1.66. The molecule has 0 aromatic heterocycles. The second-order valence-electron chi connectivity index (χ2n) is 4.06. The van der Waals surface area contributed by atoms with Gasteiger partial charge in [0.15, 0.2) is 11.5 Å². The van der Waals surface area contributed by atoms with Crippen molar-refractivity contribution < 1.29 is 19.4 Å². The zero-order chi connectivity index (χ0) is 13.7. The Hall–Kier alpha value is -1.75. The number of rotatable bonds is 6. The van der Waals surface area contributed by atoms with E-state index in [0.717, 1.165) is 5.56 Å². The van der Waals surface area contributed by atoms with Crippen molar-refractivity contribution in [2.75, 3.05) is 14.2 Å². The molecule has 0 spiro atoms. The van der Waals surface area contributed by atoms with Crippen LogP contribution in [0.15, 0.2) is 18.2 Å². The van der Waals surface area contributed by atoms with Crippen LogP contribution in [0.5, 0.6) is 11.5 Å². The standard InChI is InChI=1S/C13H19NO4/c1-8(14-9(2)13(15)16)10-5-6-11(17-3)12(7-10)18-4/h5-9,14H,1-4H3,(H,15,16). The number of carbonyl (C=O) groups is 1. The number of nitrogens with one attached hydrogen (secondary N) is 1. The molecule has 100 valence electrons. The highest BCUT2D eigenvalue weighted by Gasteiger charge is 2.16. The number of ether oxygens (including phenoxy) is 2. The van der Waals surface area contributed by atoms with E-state index in [1.54, 1.807) is 27.2 Å². The van der Waals surface area contributed by atoms with Gasteiger partial charge in [0.25, 0.3) is 0 Å². The van der Waals surface area contributed by atoms with E-state index in [1.165, 1.54) is 0 Å². The summed E-state index contributed by atoms with van der Waals surface area (Å²) in [6, 6.07) is 4.83. The summed E-state index contributed by atoms with van der Waals surface area (Å²) in [7, 11) is 3.14. The van der Waals surface area contributed by atoms with Gasteiger partial charge in [-0.1, -0.05) is 6.07 Å². The molecule has 0 aliphatic carbocycles. The Bertz CT molecular complexity index is 419. The van der Waals surface area contributed by atoms with E-state index in [9.17, 15) is 4.79 Å². The molecule has 0 saturated heterocycles. The smallest absolute Gasteiger partial charge is 0.320 e. The molecule has 1 aromatic carbocycles. The van der Waals surface area contributed by atoms with Gasteiger partial charge in [-0.15, -0.1) is 0 Å². The molecule has 1 aromatic rings. The van der Waals surface area contributed by atoms with Crippen molar-refractivity contribution in [3.63, 3.8) is 0 Å². The van der Waals surface area contributed by atoms with Crippen molar-refractivity contribution in [3.8, 4) is 11.5 Å². The number of hydrogen-bond acceptors (Lipinski definition) is 4. The maximum absolute atomic E-state index is 10.8. The van der Waals surface area contributed by atoms with Crippen LogP contribution in [0.2, 0.25) is 0 Å². The summed E-state index contributed by atoms with van der Waals surface area (Å²) in [4.78, 5) is 10.8. The third-order valence-corrected chi connectivity index (χ3v) is 2.78. The molecule has 0 amide bonds. The first-order chi connectivity index (χ1) is 8.49. The van der Waals surface area contributed by atoms with Crippen molar-refractivity contribution in [2.45, 2.75) is 25.9 Å². The van der Waals surface area contributed by atoms with E-state index in [-0.39, 0.29) is 6.04 Å². The number of aliphatic carboxylic acids is 1. The van der Waals surface area contributed by atoms with Gasteiger partial charge in [-0.3, -0.25) is 10.1 Å².